The van der Waals surface area contributed by atoms with Gasteiger partial charge >= 0.3 is 11.9 Å². The van der Waals surface area contributed by atoms with Gasteiger partial charge in [0, 0.05) is 0 Å². The average molecular weight is 250 g/mol. The molecule has 0 aliphatic heterocycles. The van der Waals surface area contributed by atoms with E-state index in [1.807, 2.05) is 0 Å². The van der Waals surface area contributed by atoms with Gasteiger partial charge in [-0.25, -0.2) is 9.59 Å². The number of carbonyl (C=O) groups is 2. The van der Waals surface area contributed by atoms with Crippen LogP contribution in [0.25, 0.3) is 0 Å². The fourth-order valence-corrected chi connectivity index (χ4v) is 1.70. The minimum atomic E-state index is -1.21. The molecule has 0 aliphatic carbocycles. The molecular weight excluding hydrogens is 236 g/mol. The number of aryl methyl sites for hydroxylation is 1. The Morgan fingerprint density at radius 3 is 2.39 bits per heavy atom. The van der Waals surface area contributed by atoms with Crippen LogP contribution in [-0.4, -0.2) is 28.8 Å². The molecule has 5 nitrogen and oxygen atoms in total. The maximum atomic E-state index is 11.2. The van der Waals surface area contributed by atoms with E-state index in [0.29, 0.717) is 5.56 Å². The lowest BCUT2D eigenvalue weighted by Crippen LogP contribution is -2.12. The maximum absolute atomic E-state index is 11.2. The van der Waals surface area contributed by atoms with Gasteiger partial charge in [-0.1, -0.05) is 12.7 Å². The number of benzene rings is 1. The highest BCUT2D eigenvalue weighted by atomic mass is 16.5. The van der Waals surface area contributed by atoms with Crippen LogP contribution in [0.15, 0.2) is 18.7 Å². The quantitative estimate of drug-likeness (QED) is 0.783. The lowest BCUT2D eigenvalue weighted by Gasteiger charge is -2.14. The van der Waals surface area contributed by atoms with Gasteiger partial charge in [0.2, 0.25) is 0 Å². The Balaban J connectivity index is 3.51. The van der Waals surface area contributed by atoms with E-state index >= 15 is 0 Å². The van der Waals surface area contributed by atoms with E-state index in [-0.39, 0.29) is 29.0 Å². The summed E-state index contributed by atoms with van der Waals surface area (Å²) in [6.45, 7) is 6.70. The molecule has 0 fully saturated rings. The van der Waals surface area contributed by atoms with Gasteiger partial charge in [-0.05, 0) is 31.0 Å². The molecule has 0 aromatic heterocycles. The molecule has 0 bridgehead atoms. The summed E-state index contributed by atoms with van der Waals surface area (Å²) >= 11 is 0. The molecule has 96 valence electrons. The molecule has 0 saturated carbocycles. The molecule has 0 atom stereocenters. The summed E-state index contributed by atoms with van der Waals surface area (Å²) < 4.78 is 5.30. The molecule has 0 amide bonds. The molecule has 18 heavy (non-hydrogen) atoms. The van der Waals surface area contributed by atoms with Crippen molar-refractivity contribution in [2.75, 3.05) is 6.61 Å². The van der Waals surface area contributed by atoms with Crippen LogP contribution in [0.5, 0.6) is 5.75 Å². The lowest BCUT2D eigenvalue weighted by atomic mass is 9.97. The molecule has 0 heterocycles. The second-order valence-corrected chi connectivity index (χ2v) is 3.78. The molecule has 0 unspecified atom stereocenters. The fraction of sp³-hybridized carbons (Fsp3) is 0.231. The van der Waals surface area contributed by atoms with Crippen molar-refractivity contribution < 1.29 is 24.5 Å². The number of rotatable bonds is 5. The fourth-order valence-electron chi connectivity index (χ4n) is 1.70. The first kappa shape index (κ1) is 13.8. The molecule has 0 spiro atoms. The van der Waals surface area contributed by atoms with Crippen LogP contribution >= 0.6 is 0 Å². The molecule has 5 heteroatoms. The zero-order valence-corrected chi connectivity index (χ0v) is 10.2. The first-order valence-corrected chi connectivity index (χ1v) is 5.24. The van der Waals surface area contributed by atoms with Crippen molar-refractivity contribution in [3.8, 4) is 5.75 Å². The molecule has 0 aliphatic rings. The Labute approximate surface area is 104 Å². The van der Waals surface area contributed by atoms with E-state index in [0.717, 1.165) is 0 Å². The number of carboxylic acid groups (broad SMARTS) is 2. The summed E-state index contributed by atoms with van der Waals surface area (Å²) in [5, 5.41) is 18.2. The Bertz CT molecular complexity index is 517. The van der Waals surface area contributed by atoms with Crippen molar-refractivity contribution in [3.63, 3.8) is 0 Å². The molecule has 1 aromatic carbocycles. The maximum Gasteiger partial charge on any atom is 0.339 e. The number of hydrogen-bond donors (Lipinski definition) is 2. The van der Waals surface area contributed by atoms with Crippen molar-refractivity contribution in [3.05, 3.63) is 41.0 Å². The smallest absolute Gasteiger partial charge is 0.339 e. The van der Waals surface area contributed by atoms with Crippen LogP contribution in [0.3, 0.4) is 0 Å². The van der Waals surface area contributed by atoms with Crippen LogP contribution < -0.4 is 4.74 Å². The molecule has 1 aromatic rings. The van der Waals surface area contributed by atoms with Gasteiger partial charge in [-0.3, -0.25) is 0 Å². The van der Waals surface area contributed by atoms with Gasteiger partial charge in [-0.15, -0.1) is 0 Å². The number of aromatic carboxylic acids is 2. The number of carboxylic acids is 2. The van der Waals surface area contributed by atoms with Crippen molar-refractivity contribution in [1.29, 1.82) is 0 Å². The zero-order chi connectivity index (χ0) is 13.9. The van der Waals surface area contributed by atoms with Crippen LogP contribution in [0.2, 0.25) is 0 Å². The normalized spacial score (nSPS) is 9.89. The highest BCUT2D eigenvalue weighted by molar-refractivity contribution is 5.99. The first-order valence-electron chi connectivity index (χ1n) is 5.24. The third-order valence-electron chi connectivity index (χ3n) is 2.51. The summed E-state index contributed by atoms with van der Waals surface area (Å²) in [4.78, 5) is 22.3. The molecule has 1 rings (SSSR count). The number of hydrogen-bond acceptors (Lipinski definition) is 3. The molecule has 0 radical (unpaired) electrons. The van der Waals surface area contributed by atoms with Crippen molar-refractivity contribution in [1.82, 2.24) is 0 Å². The Morgan fingerprint density at radius 1 is 1.33 bits per heavy atom. The van der Waals surface area contributed by atoms with Gasteiger partial charge in [0.05, 0.1) is 5.56 Å². The predicted molar refractivity (Wildman–Crippen MR) is 65.5 cm³/mol. The van der Waals surface area contributed by atoms with Crippen LogP contribution in [0.4, 0.5) is 0 Å². The highest BCUT2D eigenvalue weighted by Crippen LogP contribution is 2.29. The van der Waals surface area contributed by atoms with E-state index in [1.54, 1.807) is 6.92 Å². The highest BCUT2D eigenvalue weighted by Gasteiger charge is 2.22. The van der Waals surface area contributed by atoms with Crippen molar-refractivity contribution in [2.45, 2.75) is 13.8 Å². The topological polar surface area (TPSA) is 83.8 Å². The Kier molecular flexibility index (Phi) is 4.09. The zero-order valence-electron chi connectivity index (χ0n) is 10.2. The first-order chi connectivity index (χ1) is 8.40. The minimum Gasteiger partial charge on any atom is -0.488 e. The van der Waals surface area contributed by atoms with E-state index in [2.05, 4.69) is 6.58 Å². The van der Waals surface area contributed by atoms with Crippen LogP contribution in [-0.2, 0) is 0 Å². The van der Waals surface area contributed by atoms with E-state index in [9.17, 15) is 14.7 Å². The summed E-state index contributed by atoms with van der Waals surface area (Å²) in [6.07, 6.45) is 1.49. The largest absolute Gasteiger partial charge is 0.488 e. The molecule has 2 N–H and O–H groups in total. The monoisotopic (exact) mass is 250 g/mol. The molecule has 0 saturated heterocycles. The van der Waals surface area contributed by atoms with Crippen molar-refractivity contribution >= 4 is 11.9 Å². The SMILES string of the molecule is C=CCOc1c(C)cc(C(=O)O)c(C)c1C(=O)O. The standard InChI is InChI=1S/C13H14O5/c1-4-5-18-11-7(2)6-9(12(14)15)8(3)10(11)13(16)17/h4,6H,1,5H2,2-3H3,(H,14,15)(H,16,17). The lowest BCUT2D eigenvalue weighted by molar-refractivity contribution is 0.0691. The van der Waals surface area contributed by atoms with E-state index in [4.69, 9.17) is 9.84 Å². The minimum absolute atomic E-state index is 0.0316. The number of ether oxygens (including phenoxy) is 1. The van der Waals surface area contributed by atoms with E-state index in [1.165, 1.54) is 19.1 Å². The van der Waals surface area contributed by atoms with E-state index < -0.39 is 11.9 Å². The second kappa shape index (κ2) is 5.35. The van der Waals surface area contributed by atoms with Gasteiger partial charge in [-0.2, -0.15) is 0 Å². The Hall–Kier alpha value is -2.30. The van der Waals surface area contributed by atoms with Crippen LogP contribution in [0, 0.1) is 13.8 Å². The summed E-state index contributed by atoms with van der Waals surface area (Å²) in [7, 11) is 0. The summed E-state index contributed by atoms with van der Waals surface area (Å²) in [6, 6.07) is 1.41. The predicted octanol–water partition coefficient (Wildman–Crippen LogP) is 2.26. The van der Waals surface area contributed by atoms with Gasteiger partial charge in [0.15, 0.2) is 0 Å². The summed E-state index contributed by atoms with van der Waals surface area (Å²) in [5.41, 5.74) is 0.502. The van der Waals surface area contributed by atoms with Gasteiger partial charge in [0.1, 0.15) is 17.9 Å². The Morgan fingerprint density at radius 2 is 1.94 bits per heavy atom. The van der Waals surface area contributed by atoms with Gasteiger partial charge < -0.3 is 14.9 Å². The van der Waals surface area contributed by atoms with Crippen molar-refractivity contribution in [2.24, 2.45) is 0 Å². The van der Waals surface area contributed by atoms with Crippen LogP contribution in [0.1, 0.15) is 31.8 Å². The van der Waals surface area contributed by atoms with Gasteiger partial charge in [0.25, 0.3) is 0 Å². The second-order valence-electron chi connectivity index (χ2n) is 3.78. The average Bonchev–Trinajstić information content (AvgIpc) is 2.28. The molecular formula is C13H14O5. The third-order valence-corrected chi connectivity index (χ3v) is 2.51. The third kappa shape index (κ3) is 2.51. The summed E-state index contributed by atoms with van der Waals surface area (Å²) in [5.74, 6) is -2.18.